The number of hydrogen-bond donors (Lipinski definition) is 2. The van der Waals surface area contributed by atoms with Gasteiger partial charge < -0.3 is 20.1 Å². The molecule has 34 heavy (non-hydrogen) atoms. The molecule has 2 aromatic rings. The number of amides is 3. The Bertz CT molecular complexity index is 1090. The van der Waals surface area contributed by atoms with E-state index < -0.39 is 18.3 Å². The highest BCUT2D eigenvalue weighted by Gasteiger charge is 2.34. The van der Waals surface area contributed by atoms with Gasteiger partial charge in [0.2, 0.25) is 5.88 Å². The SMILES string of the molecule is C[C@H]1Oc2cc(NC(=O)NC3(C)CCCC3)ccc2N(Cc2cccc(OC(F)(F)F)n2)C1=O. The van der Waals surface area contributed by atoms with Crippen molar-refractivity contribution in [1.82, 2.24) is 10.3 Å². The fourth-order valence-electron chi connectivity index (χ4n) is 4.25. The third-order valence-corrected chi connectivity index (χ3v) is 5.87. The van der Waals surface area contributed by atoms with Gasteiger partial charge in [-0.3, -0.25) is 9.69 Å². The van der Waals surface area contributed by atoms with Gasteiger partial charge in [-0.2, -0.15) is 0 Å². The van der Waals surface area contributed by atoms with Gasteiger partial charge in [0.05, 0.1) is 17.9 Å². The van der Waals surface area contributed by atoms with E-state index in [1.165, 1.54) is 17.0 Å². The quantitative estimate of drug-likeness (QED) is 0.647. The van der Waals surface area contributed by atoms with Gasteiger partial charge in [0.15, 0.2) is 6.10 Å². The molecule has 2 aliphatic rings. The summed E-state index contributed by atoms with van der Waals surface area (Å²) in [6, 6.07) is 8.48. The Morgan fingerprint density at radius 1 is 1.26 bits per heavy atom. The largest absolute Gasteiger partial charge is 0.574 e. The number of carbonyl (C=O) groups excluding carboxylic acids is 2. The lowest BCUT2D eigenvalue weighted by atomic mass is 10.0. The Hall–Kier alpha value is -3.50. The van der Waals surface area contributed by atoms with Crippen LogP contribution in [0.3, 0.4) is 0 Å². The molecule has 1 atom stereocenters. The zero-order chi connectivity index (χ0) is 24.5. The number of urea groups is 1. The minimum atomic E-state index is -4.87. The second kappa shape index (κ2) is 9.03. The van der Waals surface area contributed by atoms with Gasteiger partial charge in [0, 0.05) is 23.4 Å². The van der Waals surface area contributed by atoms with Crippen LogP contribution in [0.2, 0.25) is 0 Å². The first-order valence-corrected chi connectivity index (χ1v) is 10.9. The van der Waals surface area contributed by atoms with E-state index in [1.807, 2.05) is 6.92 Å². The molecule has 1 saturated carbocycles. The van der Waals surface area contributed by atoms with Crippen molar-refractivity contribution < 1.29 is 32.2 Å². The van der Waals surface area contributed by atoms with Crippen molar-refractivity contribution in [3.8, 4) is 11.6 Å². The van der Waals surface area contributed by atoms with E-state index in [9.17, 15) is 22.8 Å². The number of carbonyl (C=O) groups is 2. The van der Waals surface area contributed by atoms with Gasteiger partial charge in [0.25, 0.3) is 5.91 Å². The first kappa shape index (κ1) is 23.7. The summed E-state index contributed by atoms with van der Waals surface area (Å²) >= 11 is 0. The van der Waals surface area contributed by atoms with Crippen molar-refractivity contribution in [3.05, 3.63) is 42.1 Å². The van der Waals surface area contributed by atoms with Crippen LogP contribution in [0.15, 0.2) is 36.4 Å². The monoisotopic (exact) mass is 478 g/mol. The molecule has 0 bridgehead atoms. The fourth-order valence-corrected chi connectivity index (χ4v) is 4.25. The van der Waals surface area contributed by atoms with Crippen LogP contribution in [0.4, 0.5) is 29.3 Å². The highest BCUT2D eigenvalue weighted by atomic mass is 19.4. The standard InChI is InChI=1S/C23H25F3N4O4/c1-14-20(31)30(13-16-6-5-7-19(27-16)34-23(24,25)26)17-9-8-15(12-18(17)33-14)28-21(32)29-22(2)10-3-4-11-22/h5-9,12,14H,3-4,10-11,13H2,1-2H3,(H2,28,29,32)/t14-/m1/s1. The molecule has 1 fully saturated rings. The normalized spacial score (nSPS) is 19.3. The molecule has 0 spiro atoms. The number of benzene rings is 1. The molecule has 4 rings (SSSR count). The second-order valence-electron chi connectivity index (χ2n) is 8.73. The van der Waals surface area contributed by atoms with Crippen LogP contribution in [0.5, 0.6) is 11.6 Å². The number of aromatic nitrogens is 1. The van der Waals surface area contributed by atoms with E-state index in [1.54, 1.807) is 25.1 Å². The number of fused-ring (bicyclic) bond motifs is 1. The number of rotatable bonds is 5. The summed E-state index contributed by atoms with van der Waals surface area (Å²) in [4.78, 5) is 30.5. The molecule has 0 radical (unpaired) electrons. The van der Waals surface area contributed by atoms with Gasteiger partial charge in [0.1, 0.15) is 5.75 Å². The minimum absolute atomic E-state index is 0.0831. The van der Waals surface area contributed by atoms with Crippen LogP contribution in [-0.4, -0.2) is 34.9 Å². The van der Waals surface area contributed by atoms with Crippen molar-refractivity contribution in [2.75, 3.05) is 10.2 Å². The Labute approximate surface area is 194 Å². The number of hydrogen-bond acceptors (Lipinski definition) is 5. The molecule has 2 heterocycles. The van der Waals surface area contributed by atoms with Gasteiger partial charge >= 0.3 is 12.4 Å². The average Bonchev–Trinajstić information content (AvgIpc) is 3.16. The number of nitrogens with zero attached hydrogens (tertiary/aromatic N) is 2. The predicted octanol–water partition coefficient (Wildman–Crippen LogP) is 4.75. The summed E-state index contributed by atoms with van der Waals surface area (Å²) in [5.41, 5.74) is 0.879. The summed E-state index contributed by atoms with van der Waals surface area (Å²) < 4.78 is 47.2. The molecule has 8 nitrogen and oxygen atoms in total. The number of ether oxygens (including phenoxy) is 2. The van der Waals surface area contributed by atoms with Crippen LogP contribution < -0.4 is 25.0 Å². The summed E-state index contributed by atoms with van der Waals surface area (Å²) in [6.07, 6.45) is -1.70. The lowest BCUT2D eigenvalue weighted by molar-refractivity contribution is -0.276. The maximum Gasteiger partial charge on any atom is 0.574 e. The third-order valence-electron chi connectivity index (χ3n) is 5.87. The Kier molecular flexibility index (Phi) is 6.28. The van der Waals surface area contributed by atoms with Crippen molar-refractivity contribution in [3.63, 3.8) is 0 Å². The molecule has 0 saturated heterocycles. The molecule has 1 aromatic carbocycles. The summed E-state index contributed by atoms with van der Waals surface area (Å²) in [5, 5.41) is 5.80. The number of halogens is 3. The first-order chi connectivity index (χ1) is 16.0. The number of anilines is 2. The van der Waals surface area contributed by atoms with Crippen LogP contribution in [0.25, 0.3) is 0 Å². The number of pyridine rings is 1. The predicted molar refractivity (Wildman–Crippen MR) is 118 cm³/mol. The lowest BCUT2D eigenvalue weighted by Gasteiger charge is -2.33. The highest BCUT2D eigenvalue weighted by Crippen LogP contribution is 2.37. The first-order valence-electron chi connectivity index (χ1n) is 10.9. The summed E-state index contributed by atoms with van der Waals surface area (Å²) in [5.74, 6) is -0.621. The number of alkyl halides is 3. The van der Waals surface area contributed by atoms with Gasteiger partial charge in [-0.15, -0.1) is 13.2 Å². The van der Waals surface area contributed by atoms with Crippen molar-refractivity contribution >= 4 is 23.3 Å². The third kappa shape index (κ3) is 5.52. The second-order valence-corrected chi connectivity index (χ2v) is 8.73. The number of nitrogens with one attached hydrogen (secondary N) is 2. The molecule has 182 valence electrons. The van der Waals surface area contributed by atoms with E-state index in [-0.39, 0.29) is 29.7 Å². The zero-order valence-corrected chi connectivity index (χ0v) is 18.7. The van der Waals surface area contributed by atoms with Gasteiger partial charge in [-0.1, -0.05) is 18.9 Å². The molecule has 1 aliphatic carbocycles. The zero-order valence-electron chi connectivity index (χ0n) is 18.7. The summed E-state index contributed by atoms with van der Waals surface area (Å²) in [6.45, 7) is 3.51. The molecule has 11 heteroatoms. The van der Waals surface area contributed by atoms with E-state index in [0.717, 1.165) is 31.7 Å². The Morgan fingerprint density at radius 2 is 2.00 bits per heavy atom. The Balaban J connectivity index is 1.51. The van der Waals surface area contributed by atoms with Gasteiger partial charge in [-0.05, 0) is 44.9 Å². The maximum atomic E-state index is 12.8. The smallest absolute Gasteiger partial charge is 0.479 e. The van der Waals surface area contributed by atoms with Crippen LogP contribution in [-0.2, 0) is 11.3 Å². The topological polar surface area (TPSA) is 92.8 Å². The summed E-state index contributed by atoms with van der Waals surface area (Å²) in [7, 11) is 0. The molecule has 3 amide bonds. The fraction of sp³-hybridized carbons (Fsp3) is 0.435. The van der Waals surface area contributed by atoms with Gasteiger partial charge in [-0.25, -0.2) is 9.78 Å². The lowest BCUT2D eigenvalue weighted by Crippen LogP contribution is -2.46. The molecular formula is C23H25F3N4O4. The van der Waals surface area contributed by atoms with Crippen LogP contribution in [0.1, 0.15) is 45.2 Å². The Morgan fingerprint density at radius 3 is 2.71 bits per heavy atom. The van der Waals surface area contributed by atoms with E-state index in [2.05, 4.69) is 20.4 Å². The molecule has 1 aromatic heterocycles. The molecule has 0 unspecified atom stereocenters. The minimum Gasteiger partial charge on any atom is -0.479 e. The molecule has 2 N–H and O–H groups in total. The van der Waals surface area contributed by atoms with Crippen LogP contribution in [0, 0.1) is 0 Å². The molecule has 1 aliphatic heterocycles. The highest BCUT2D eigenvalue weighted by molar-refractivity contribution is 6.00. The maximum absolute atomic E-state index is 12.8. The molecular weight excluding hydrogens is 453 g/mol. The van der Waals surface area contributed by atoms with E-state index >= 15 is 0 Å². The van der Waals surface area contributed by atoms with E-state index in [0.29, 0.717) is 17.1 Å². The average molecular weight is 478 g/mol. The van der Waals surface area contributed by atoms with Crippen LogP contribution >= 0.6 is 0 Å². The van der Waals surface area contributed by atoms with Crippen molar-refractivity contribution in [2.45, 2.75) is 64.1 Å². The van der Waals surface area contributed by atoms with Crippen molar-refractivity contribution in [1.29, 1.82) is 0 Å². The van der Waals surface area contributed by atoms with E-state index in [4.69, 9.17) is 4.74 Å². The van der Waals surface area contributed by atoms with Crippen molar-refractivity contribution in [2.24, 2.45) is 0 Å².